The number of carbonyl (C=O) groups excluding carboxylic acids is 2. The summed E-state index contributed by atoms with van der Waals surface area (Å²) in [5.74, 6) is -1.62. The van der Waals surface area contributed by atoms with Crippen molar-refractivity contribution in [2.45, 2.75) is 65.4 Å². The number of halogens is 3. The van der Waals surface area contributed by atoms with Crippen molar-refractivity contribution in [2.24, 2.45) is 14.0 Å². The number of hydrogen-bond acceptors (Lipinski definition) is 18. The quantitative estimate of drug-likeness (QED) is 0.0299. The molecule has 392 valence electrons. The Bertz CT molecular complexity index is 3780. The van der Waals surface area contributed by atoms with Crippen LogP contribution in [0.2, 0.25) is 5.02 Å². The van der Waals surface area contributed by atoms with Gasteiger partial charge in [0.25, 0.3) is 0 Å². The predicted molar refractivity (Wildman–Crippen MR) is 282 cm³/mol. The molecular weight excluding hydrogens is 990 g/mol. The van der Waals surface area contributed by atoms with Crippen LogP contribution in [-0.2, 0) is 25.2 Å². The van der Waals surface area contributed by atoms with Crippen LogP contribution in [0.25, 0.3) is 22.8 Å². The highest BCUT2D eigenvalue weighted by atomic mass is 35.5. The van der Waals surface area contributed by atoms with Crippen molar-refractivity contribution < 1.29 is 54.5 Å². The highest BCUT2D eigenvalue weighted by Gasteiger charge is 2.24. The molecule has 20 nitrogen and oxygen atoms in total. The Balaban J connectivity index is 0.000000232. The largest absolute Gasteiger partial charge is 0.494 e. The van der Waals surface area contributed by atoms with Crippen LogP contribution in [0.4, 0.5) is 49.1 Å². The Hall–Kier alpha value is -8.47. The molecule has 2 aromatic carbocycles. The number of methoxy groups -OCH3 is 2. The van der Waals surface area contributed by atoms with Crippen LogP contribution < -0.4 is 31.2 Å². The summed E-state index contributed by atoms with van der Waals surface area (Å²) < 4.78 is 129. The minimum atomic E-state index is -2.54. The van der Waals surface area contributed by atoms with E-state index < -0.39 is 75.2 Å². The number of Topliss-reactive ketones (excluding diaryl/α,β-unsaturated/α-hetero) is 2. The first-order chi connectivity index (χ1) is 40.3. The highest BCUT2D eigenvalue weighted by molar-refractivity contribution is 6.34. The summed E-state index contributed by atoms with van der Waals surface area (Å²) in [5, 5.41) is 36.6. The summed E-state index contributed by atoms with van der Waals surface area (Å²) in [6.45, 7) is -4.11. The van der Waals surface area contributed by atoms with Gasteiger partial charge in [0.2, 0.25) is 11.9 Å². The molecule has 0 aliphatic heterocycles. The van der Waals surface area contributed by atoms with Crippen LogP contribution >= 0.6 is 11.6 Å². The molecule has 0 saturated carbocycles. The first kappa shape index (κ1) is 40.9. The van der Waals surface area contributed by atoms with Gasteiger partial charge in [-0.2, -0.15) is 19.0 Å². The smallest absolute Gasteiger partial charge is 0.220 e. The van der Waals surface area contributed by atoms with E-state index in [1.807, 2.05) is 0 Å². The number of nitrogens with zero attached hydrogens (tertiary/aromatic N) is 10. The number of hydrogen-bond donors (Lipinski definition) is 6. The number of para-hydroxylation sites is 2. The number of benzene rings is 2. The summed E-state index contributed by atoms with van der Waals surface area (Å²) in [6.07, 6.45) is 3.15. The van der Waals surface area contributed by atoms with Crippen molar-refractivity contribution in [3.63, 3.8) is 0 Å². The maximum atomic E-state index is 14.6. The fraction of sp³-hybridized carbons (Fsp3) is 0.269. The standard InChI is InChI=1S/C26H28FN7O3.C16H17ClFN3O2.C10H12N4O/c1-6-20(35)16-13-28-22(31-21-11-10-17(24(27)32-21)26(2,3)36)12-19(16)30-18-9-7-8-15(23(18)37-5)25-29-14-34(4)33-25;1-4-12(22)9-8-19-14(7-11(9)17)20-13-6-5-10(15(18)21-13)16(2,3)23;1-14-6-12-10(13-14)7-4-3-5-8(11)9(7)15-2/h7-14,36H,6H2,1-5H3,(H2,28,30,31,32);5-8,23H,4H2,1-3H3,(H,19,20,21);3-6H,11H2,1-2H3/i1D3,4D3;2*1D3. The number of ketones is 2. The monoisotopic (exact) mass is 1060 g/mol. The van der Waals surface area contributed by atoms with Gasteiger partial charge < -0.3 is 41.4 Å². The van der Waals surface area contributed by atoms with E-state index in [1.165, 1.54) is 84.5 Å². The summed E-state index contributed by atoms with van der Waals surface area (Å²) in [7, 11) is 2.86. The van der Waals surface area contributed by atoms with Gasteiger partial charge in [0, 0.05) is 78.9 Å². The molecule has 0 amide bonds. The zero-order valence-corrected chi connectivity index (χ0v) is 41.6. The summed E-state index contributed by atoms with van der Waals surface area (Å²) in [6, 6.07) is 18.4. The van der Waals surface area contributed by atoms with Crippen molar-refractivity contribution in [1.82, 2.24) is 49.5 Å². The normalized spacial score (nSPS) is 14.2. The molecule has 8 rings (SSSR count). The summed E-state index contributed by atoms with van der Waals surface area (Å²) in [4.78, 5) is 48.7. The molecule has 0 atom stereocenters. The molecule has 23 heteroatoms. The number of nitrogen functional groups attached to an aromatic ring is 1. The van der Waals surface area contributed by atoms with Crippen molar-refractivity contribution >= 4 is 63.5 Å². The van der Waals surface area contributed by atoms with E-state index in [0.29, 0.717) is 28.3 Å². The van der Waals surface area contributed by atoms with Crippen molar-refractivity contribution in [2.75, 3.05) is 35.9 Å². The molecule has 7 N–H and O–H groups in total. The zero-order chi connectivity index (χ0) is 64.8. The van der Waals surface area contributed by atoms with E-state index in [-0.39, 0.29) is 73.6 Å². The van der Waals surface area contributed by atoms with E-state index >= 15 is 0 Å². The third-order valence-electron chi connectivity index (χ3n) is 10.4. The van der Waals surface area contributed by atoms with E-state index in [9.17, 15) is 28.6 Å². The van der Waals surface area contributed by atoms with Crippen LogP contribution in [0.15, 0.2) is 97.8 Å². The second kappa shape index (κ2) is 24.0. The maximum absolute atomic E-state index is 14.6. The second-order valence-electron chi connectivity index (χ2n) is 16.8. The van der Waals surface area contributed by atoms with Gasteiger partial charge in [-0.1, -0.05) is 37.4 Å². The molecule has 6 aromatic heterocycles. The van der Waals surface area contributed by atoms with Gasteiger partial charge in [-0.15, -0.1) is 0 Å². The summed E-state index contributed by atoms with van der Waals surface area (Å²) >= 11 is 6.02. The topological polar surface area (TPSA) is 268 Å². The average Bonchev–Trinajstić information content (AvgIpc) is 2.09. The van der Waals surface area contributed by atoms with Crippen LogP contribution in [0.1, 0.15) is 103 Å². The SMILES string of the molecule is [2H]C([2H])([2H])CC(=O)c1cnc(Nc2ccc(C(C)(C)O)c(F)n2)cc1Cl.[2H]C([2H])([2H])CC(=O)c1cnc(Nc2ccc(C(C)(C)O)c(F)n2)cc1Nc1cccc(-c2ncn(C([2H])([2H])[2H])n2)c1OC.[2H]C([2H])([2H])n1cnc(-c2cccc(N)c2OC)n1. The van der Waals surface area contributed by atoms with Gasteiger partial charge in [0.1, 0.15) is 35.9 Å². The molecule has 0 unspecified atom stereocenters. The predicted octanol–water partition coefficient (Wildman–Crippen LogP) is 9.63. The molecule has 0 saturated heterocycles. The van der Waals surface area contributed by atoms with Gasteiger partial charge in [-0.3, -0.25) is 19.0 Å². The Kier molecular flexibility index (Phi) is 13.1. The van der Waals surface area contributed by atoms with Crippen LogP contribution in [0.3, 0.4) is 0 Å². The second-order valence-corrected chi connectivity index (χ2v) is 17.2. The van der Waals surface area contributed by atoms with Gasteiger partial charge in [-0.05, 0) is 76.2 Å². The van der Waals surface area contributed by atoms with Gasteiger partial charge in [0.05, 0.1) is 69.8 Å². The number of nitrogens with two attached hydrogens (primary N) is 1. The van der Waals surface area contributed by atoms with Crippen molar-refractivity contribution in [1.29, 1.82) is 0 Å². The molecule has 8 aromatic rings. The van der Waals surface area contributed by atoms with E-state index in [0.717, 1.165) is 28.2 Å². The third-order valence-corrected chi connectivity index (χ3v) is 10.7. The number of carbonyl (C=O) groups is 2. The number of ether oxygens (including phenoxy) is 2. The lowest BCUT2D eigenvalue weighted by atomic mass is 10.0. The first-order valence-corrected chi connectivity index (χ1v) is 22.4. The van der Waals surface area contributed by atoms with Crippen molar-refractivity contribution in [3.8, 4) is 34.3 Å². The fourth-order valence-corrected chi connectivity index (χ4v) is 7.09. The van der Waals surface area contributed by atoms with E-state index in [4.69, 9.17) is 43.3 Å². The lowest BCUT2D eigenvalue weighted by molar-refractivity contribution is 0.0730. The number of rotatable bonds is 16. The van der Waals surface area contributed by atoms with Gasteiger partial charge >= 0.3 is 0 Å². The molecule has 0 bridgehead atoms. The molecule has 0 radical (unpaired) electrons. The maximum Gasteiger partial charge on any atom is 0.220 e. The molecule has 0 fully saturated rings. The molecule has 0 spiro atoms. The van der Waals surface area contributed by atoms with E-state index in [1.54, 1.807) is 36.4 Å². The van der Waals surface area contributed by atoms with Crippen LogP contribution in [0, 0.1) is 11.9 Å². The van der Waals surface area contributed by atoms with Crippen LogP contribution in [0.5, 0.6) is 11.5 Å². The Morgan fingerprint density at radius 1 is 0.667 bits per heavy atom. The molecule has 0 aliphatic carbocycles. The lowest BCUT2D eigenvalue weighted by Crippen LogP contribution is -2.18. The van der Waals surface area contributed by atoms with Gasteiger partial charge in [0.15, 0.2) is 34.7 Å². The zero-order valence-electron chi connectivity index (χ0n) is 52.9. The minimum absolute atomic E-state index is 0.00939. The number of nitrogens with one attached hydrogen (secondary N) is 3. The van der Waals surface area contributed by atoms with Crippen LogP contribution in [-0.4, -0.2) is 85.5 Å². The summed E-state index contributed by atoms with van der Waals surface area (Å²) in [5.41, 5.74) is 4.70. The number of anilines is 7. The highest BCUT2D eigenvalue weighted by Crippen LogP contribution is 2.38. The van der Waals surface area contributed by atoms with E-state index in [2.05, 4.69) is 56.1 Å². The number of pyridine rings is 4. The third kappa shape index (κ3) is 14.0. The molecule has 0 aliphatic rings. The first-order valence-electron chi connectivity index (χ1n) is 28.0. The van der Waals surface area contributed by atoms with Crippen molar-refractivity contribution in [3.05, 3.63) is 137 Å². The Morgan fingerprint density at radius 2 is 1.16 bits per heavy atom. The lowest BCUT2D eigenvalue weighted by Gasteiger charge is -2.19. The Labute approximate surface area is 453 Å². The molecule has 75 heavy (non-hydrogen) atoms. The Morgan fingerprint density at radius 3 is 1.63 bits per heavy atom. The van der Waals surface area contributed by atoms with Gasteiger partial charge in [-0.25, -0.2) is 29.9 Å². The minimum Gasteiger partial charge on any atom is -0.494 e. The average molecular weight is 1060 g/mol. The number of aryl methyl sites for hydroxylation is 2. The molecule has 6 heterocycles. The fourth-order valence-electron chi connectivity index (χ4n) is 6.84. The molecular formula is C52H57ClF2N14O6. The number of aromatic nitrogens is 10. The number of aliphatic hydroxyl groups is 2.